The number of sulfonamides is 1. The maximum Gasteiger partial charge on any atom is 0.271 e. The summed E-state index contributed by atoms with van der Waals surface area (Å²) in [7, 11) is -3.54. The minimum absolute atomic E-state index is 0.0346. The molecule has 0 aliphatic carbocycles. The summed E-state index contributed by atoms with van der Waals surface area (Å²) in [4.78, 5) is 28.6. The lowest BCUT2D eigenvalue weighted by Gasteiger charge is -2.29. The molecule has 34 heavy (non-hydrogen) atoms. The predicted octanol–water partition coefficient (Wildman–Crippen LogP) is 3.24. The second kappa shape index (κ2) is 10.4. The zero-order chi connectivity index (χ0) is 24.3. The topological polar surface area (TPSA) is 124 Å². The van der Waals surface area contributed by atoms with Gasteiger partial charge in [-0.2, -0.15) is 9.30 Å². The Labute approximate surface area is 204 Å². The van der Waals surface area contributed by atoms with Crippen LogP contribution in [0.3, 0.4) is 0 Å². The van der Waals surface area contributed by atoms with E-state index in [1.54, 1.807) is 28.1 Å². The van der Waals surface area contributed by atoms with E-state index >= 15 is 0 Å². The van der Waals surface area contributed by atoms with Crippen molar-refractivity contribution in [2.75, 3.05) is 26.3 Å². The van der Waals surface area contributed by atoms with Crippen LogP contribution in [-0.2, 0) is 26.1 Å². The fraction of sp³-hybridized carbons (Fsp3) is 0.429. The number of carbonyl (C=O) groups is 1. The second-order valence-corrected chi connectivity index (χ2v) is 11.8. The number of aromatic nitrogens is 1. The van der Waals surface area contributed by atoms with Gasteiger partial charge in [-0.1, -0.05) is 17.4 Å². The molecule has 0 spiro atoms. The van der Waals surface area contributed by atoms with Crippen LogP contribution in [0.15, 0.2) is 44.9 Å². The van der Waals surface area contributed by atoms with Crippen molar-refractivity contribution < 1.29 is 22.9 Å². The van der Waals surface area contributed by atoms with Crippen molar-refractivity contribution in [3.05, 3.63) is 50.6 Å². The van der Waals surface area contributed by atoms with Crippen molar-refractivity contribution in [3.8, 4) is 0 Å². The standard InChI is InChI=1S/C21H24N4O6S3/c1-2-31-12-11-24-17-14-16(25(27)28)5-6-18(17)33-21(24)22-20(26)15-7-9-23(10-8-15)34(29,30)19-4-3-13-32-19/h3-6,13-15H,2,7-12H2,1H3. The van der Waals surface area contributed by atoms with Crippen LogP contribution >= 0.6 is 22.7 Å². The minimum atomic E-state index is -3.54. The summed E-state index contributed by atoms with van der Waals surface area (Å²) in [5.74, 6) is -0.686. The van der Waals surface area contributed by atoms with E-state index < -0.39 is 14.9 Å². The van der Waals surface area contributed by atoms with Crippen LogP contribution in [0.1, 0.15) is 19.8 Å². The predicted molar refractivity (Wildman–Crippen MR) is 129 cm³/mol. The van der Waals surface area contributed by atoms with Crippen molar-refractivity contribution in [2.24, 2.45) is 10.9 Å². The molecule has 0 saturated carbocycles. The van der Waals surface area contributed by atoms with Gasteiger partial charge in [0.25, 0.3) is 21.6 Å². The molecule has 1 aliphatic heterocycles. The van der Waals surface area contributed by atoms with Gasteiger partial charge >= 0.3 is 0 Å². The number of hydrogen-bond donors (Lipinski definition) is 0. The van der Waals surface area contributed by atoms with Crippen LogP contribution in [0.2, 0.25) is 0 Å². The number of nitrogens with zero attached hydrogens (tertiary/aromatic N) is 4. The van der Waals surface area contributed by atoms with E-state index in [1.807, 2.05) is 6.92 Å². The molecule has 0 unspecified atom stereocenters. The number of fused-ring (bicyclic) bond motifs is 1. The molecule has 1 aliphatic rings. The van der Waals surface area contributed by atoms with Crippen molar-refractivity contribution in [1.29, 1.82) is 0 Å². The van der Waals surface area contributed by atoms with Gasteiger partial charge in [0.1, 0.15) is 4.21 Å². The van der Waals surface area contributed by atoms with E-state index in [0.717, 1.165) is 4.70 Å². The normalized spacial score (nSPS) is 16.3. The molecule has 182 valence electrons. The number of thiophene rings is 1. The minimum Gasteiger partial charge on any atom is -0.380 e. The molecule has 3 aromatic rings. The highest BCUT2D eigenvalue weighted by Crippen LogP contribution is 2.27. The monoisotopic (exact) mass is 524 g/mol. The quantitative estimate of drug-likeness (QED) is 0.253. The van der Waals surface area contributed by atoms with E-state index in [-0.39, 0.29) is 30.6 Å². The first-order valence-corrected chi connectivity index (χ1v) is 13.9. The Bertz CT molecular complexity index is 1350. The first kappa shape index (κ1) is 24.7. The SMILES string of the molecule is CCOCCn1c(=NC(=O)C2CCN(S(=O)(=O)c3cccs3)CC2)sc2ccc([N+](=O)[O-])cc21. The zero-order valence-corrected chi connectivity index (χ0v) is 20.9. The number of rotatable bonds is 8. The molecule has 4 rings (SSSR count). The van der Waals surface area contributed by atoms with Gasteiger partial charge < -0.3 is 9.30 Å². The number of nitro groups is 1. The summed E-state index contributed by atoms with van der Waals surface area (Å²) >= 11 is 2.47. The Hall–Kier alpha value is -2.45. The Morgan fingerprint density at radius 1 is 1.29 bits per heavy atom. The zero-order valence-electron chi connectivity index (χ0n) is 18.5. The van der Waals surface area contributed by atoms with E-state index in [9.17, 15) is 23.3 Å². The summed E-state index contributed by atoms with van der Waals surface area (Å²) in [6.07, 6.45) is 0.782. The first-order chi connectivity index (χ1) is 16.3. The summed E-state index contributed by atoms with van der Waals surface area (Å²) in [6, 6.07) is 7.86. The van der Waals surface area contributed by atoms with Crippen LogP contribution in [0, 0.1) is 16.0 Å². The van der Waals surface area contributed by atoms with Crippen molar-refractivity contribution in [3.63, 3.8) is 0 Å². The molecule has 0 radical (unpaired) electrons. The van der Waals surface area contributed by atoms with Crippen LogP contribution in [-0.4, -0.2) is 54.4 Å². The number of amides is 1. The van der Waals surface area contributed by atoms with E-state index in [0.29, 0.717) is 47.1 Å². The number of piperidine rings is 1. The van der Waals surface area contributed by atoms with Crippen molar-refractivity contribution in [2.45, 2.75) is 30.5 Å². The van der Waals surface area contributed by atoms with Gasteiger partial charge in [0, 0.05) is 44.3 Å². The van der Waals surface area contributed by atoms with Gasteiger partial charge in [0.05, 0.1) is 21.7 Å². The van der Waals surface area contributed by atoms with Crippen LogP contribution in [0.25, 0.3) is 10.2 Å². The lowest BCUT2D eigenvalue weighted by molar-refractivity contribution is -0.384. The Balaban J connectivity index is 1.56. The van der Waals surface area contributed by atoms with Gasteiger partial charge in [-0.15, -0.1) is 11.3 Å². The summed E-state index contributed by atoms with van der Waals surface area (Å²) < 4.78 is 35.2. The number of nitro benzene ring substituents is 1. The Morgan fingerprint density at radius 2 is 2.06 bits per heavy atom. The molecule has 0 atom stereocenters. The number of ether oxygens (including phenoxy) is 1. The molecule has 10 nitrogen and oxygen atoms in total. The first-order valence-electron chi connectivity index (χ1n) is 10.8. The summed E-state index contributed by atoms with van der Waals surface area (Å²) in [5.41, 5.74) is 0.593. The van der Waals surface area contributed by atoms with Crippen molar-refractivity contribution in [1.82, 2.24) is 8.87 Å². The third-order valence-corrected chi connectivity index (χ3v) is 9.97. The smallest absolute Gasteiger partial charge is 0.271 e. The molecule has 3 heterocycles. The van der Waals surface area contributed by atoms with E-state index in [2.05, 4.69) is 4.99 Å². The van der Waals surface area contributed by atoms with E-state index in [4.69, 9.17) is 4.74 Å². The van der Waals surface area contributed by atoms with E-state index in [1.165, 1.54) is 39.1 Å². The highest BCUT2D eigenvalue weighted by molar-refractivity contribution is 7.91. The maximum absolute atomic E-state index is 13.0. The molecule has 0 bridgehead atoms. The fourth-order valence-electron chi connectivity index (χ4n) is 3.84. The fourth-order valence-corrected chi connectivity index (χ4v) is 7.49. The number of benzene rings is 1. The van der Waals surface area contributed by atoms with Crippen LogP contribution in [0.4, 0.5) is 5.69 Å². The molecular weight excluding hydrogens is 500 g/mol. The van der Waals surface area contributed by atoms with Gasteiger partial charge in [-0.3, -0.25) is 14.9 Å². The van der Waals surface area contributed by atoms with Gasteiger partial charge in [0.2, 0.25) is 0 Å². The molecule has 2 aromatic heterocycles. The molecule has 1 saturated heterocycles. The molecule has 1 aromatic carbocycles. The average Bonchev–Trinajstić information content (AvgIpc) is 3.48. The van der Waals surface area contributed by atoms with Crippen molar-refractivity contribution >= 4 is 54.5 Å². The Morgan fingerprint density at radius 3 is 2.71 bits per heavy atom. The number of thiazole rings is 1. The Kier molecular flexibility index (Phi) is 7.57. The maximum atomic E-state index is 13.0. The highest BCUT2D eigenvalue weighted by atomic mass is 32.2. The lowest BCUT2D eigenvalue weighted by Crippen LogP contribution is -2.40. The summed E-state index contributed by atoms with van der Waals surface area (Å²) in [6.45, 7) is 3.70. The number of non-ortho nitro benzene ring substituents is 1. The largest absolute Gasteiger partial charge is 0.380 e. The number of hydrogen-bond acceptors (Lipinski definition) is 8. The van der Waals surface area contributed by atoms with Crippen LogP contribution in [0.5, 0.6) is 0 Å². The molecule has 1 fully saturated rings. The lowest BCUT2D eigenvalue weighted by atomic mass is 9.98. The number of carbonyl (C=O) groups excluding carboxylic acids is 1. The van der Waals surface area contributed by atoms with Gasteiger partial charge in [-0.25, -0.2) is 8.42 Å². The van der Waals surface area contributed by atoms with Crippen LogP contribution < -0.4 is 4.80 Å². The van der Waals surface area contributed by atoms with Gasteiger partial charge in [-0.05, 0) is 37.3 Å². The third-order valence-electron chi connectivity index (χ3n) is 5.64. The highest BCUT2D eigenvalue weighted by Gasteiger charge is 2.32. The third kappa shape index (κ3) is 5.13. The average molecular weight is 525 g/mol. The second-order valence-electron chi connectivity index (χ2n) is 7.70. The summed E-state index contributed by atoms with van der Waals surface area (Å²) in [5, 5.41) is 13.0. The van der Waals surface area contributed by atoms with Gasteiger partial charge in [0.15, 0.2) is 4.80 Å². The molecular formula is C21H24N4O6S3. The molecule has 13 heteroatoms. The molecule has 1 amide bonds. The molecule has 0 N–H and O–H groups in total.